The van der Waals surface area contributed by atoms with Crippen molar-refractivity contribution in [2.75, 3.05) is 19.6 Å². The molecule has 1 heterocycles. The summed E-state index contributed by atoms with van der Waals surface area (Å²) in [5, 5.41) is 3.66. The van der Waals surface area contributed by atoms with Gasteiger partial charge in [-0.1, -0.05) is 26.0 Å². The summed E-state index contributed by atoms with van der Waals surface area (Å²) < 4.78 is 0. The summed E-state index contributed by atoms with van der Waals surface area (Å²) in [4.78, 5) is 14.6. The van der Waals surface area contributed by atoms with E-state index in [0.717, 1.165) is 37.4 Å². The molecule has 1 N–H and O–H groups in total. The number of rotatable bonds is 5. The average molecular weight is 337 g/mol. The van der Waals surface area contributed by atoms with Crippen molar-refractivity contribution >= 4 is 18.3 Å². The van der Waals surface area contributed by atoms with E-state index in [0.29, 0.717) is 12.0 Å². The van der Waals surface area contributed by atoms with Gasteiger partial charge in [0.1, 0.15) is 0 Å². The zero-order chi connectivity index (χ0) is 15.5. The molecule has 1 aromatic carbocycles. The molecule has 128 valence electrons. The van der Waals surface area contributed by atoms with E-state index in [4.69, 9.17) is 0 Å². The molecule has 1 aliphatic heterocycles. The maximum Gasteiger partial charge on any atom is 0.253 e. The maximum absolute atomic E-state index is 12.6. The van der Waals surface area contributed by atoms with Gasteiger partial charge in [0.25, 0.3) is 5.91 Å². The van der Waals surface area contributed by atoms with Crippen LogP contribution in [0.3, 0.4) is 0 Å². The summed E-state index contributed by atoms with van der Waals surface area (Å²) in [6.45, 7) is 7.29. The van der Waals surface area contributed by atoms with Crippen LogP contribution in [0.25, 0.3) is 0 Å². The van der Waals surface area contributed by atoms with E-state index < -0.39 is 0 Å². The van der Waals surface area contributed by atoms with Crippen LogP contribution in [0.5, 0.6) is 0 Å². The highest BCUT2D eigenvalue weighted by Gasteiger charge is 2.26. The zero-order valence-electron chi connectivity index (χ0n) is 14.3. The number of benzene rings is 1. The van der Waals surface area contributed by atoms with Crippen molar-refractivity contribution in [3.8, 4) is 0 Å². The molecule has 0 unspecified atom stereocenters. The van der Waals surface area contributed by atoms with Crippen LogP contribution in [-0.4, -0.2) is 36.5 Å². The predicted octanol–water partition coefficient (Wildman–Crippen LogP) is 3.84. The van der Waals surface area contributed by atoms with Gasteiger partial charge >= 0.3 is 0 Å². The molecule has 0 atom stereocenters. The van der Waals surface area contributed by atoms with Crippen molar-refractivity contribution in [1.82, 2.24) is 10.2 Å². The molecule has 3 rings (SSSR count). The minimum absolute atomic E-state index is 0. The van der Waals surface area contributed by atoms with E-state index in [1.165, 1.54) is 24.9 Å². The van der Waals surface area contributed by atoms with E-state index >= 15 is 0 Å². The third-order valence-electron chi connectivity index (χ3n) is 5.00. The second-order valence-electron chi connectivity index (χ2n) is 7.19. The standard InChI is InChI=1S/C19H28N2O.ClH/c1-14(2)16-5-7-17(8-6-16)19(22)21-11-9-18(10-12-21)20-13-15-3-4-15;/h5-8,14-15,18,20H,3-4,9-13H2,1-2H3;1H. The molecule has 0 aromatic heterocycles. The molecule has 0 bridgehead atoms. The highest BCUT2D eigenvalue weighted by molar-refractivity contribution is 5.94. The Morgan fingerprint density at radius 1 is 1.13 bits per heavy atom. The van der Waals surface area contributed by atoms with Gasteiger partial charge in [-0.3, -0.25) is 4.79 Å². The first-order valence-electron chi connectivity index (χ1n) is 8.76. The molecule has 2 fully saturated rings. The fraction of sp³-hybridized carbons (Fsp3) is 0.632. The molecule has 1 saturated heterocycles. The van der Waals surface area contributed by atoms with Crippen LogP contribution in [0.2, 0.25) is 0 Å². The van der Waals surface area contributed by atoms with Gasteiger partial charge in [-0.2, -0.15) is 0 Å². The van der Waals surface area contributed by atoms with Crippen molar-refractivity contribution in [2.24, 2.45) is 5.92 Å². The molecule has 0 spiro atoms. The van der Waals surface area contributed by atoms with E-state index in [1.54, 1.807) is 0 Å². The van der Waals surface area contributed by atoms with Crippen LogP contribution in [-0.2, 0) is 0 Å². The van der Waals surface area contributed by atoms with E-state index in [9.17, 15) is 4.79 Å². The smallest absolute Gasteiger partial charge is 0.253 e. The van der Waals surface area contributed by atoms with Crippen molar-refractivity contribution in [1.29, 1.82) is 0 Å². The highest BCUT2D eigenvalue weighted by Crippen LogP contribution is 2.28. The summed E-state index contributed by atoms with van der Waals surface area (Å²) in [6.07, 6.45) is 4.97. The summed E-state index contributed by atoms with van der Waals surface area (Å²) in [7, 11) is 0. The van der Waals surface area contributed by atoms with E-state index in [2.05, 4.69) is 31.3 Å². The topological polar surface area (TPSA) is 32.3 Å². The largest absolute Gasteiger partial charge is 0.339 e. The van der Waals surface area contributed by atoms with Crippen LogP contribution < -0.4 is 5.32 Å². The van der Waals surface area contributed by atoms with E-state index in [-0.39, 0.29) is 18.3 Å². The molecule has 1 saturated carbocycles. The molecule has 2 aliphatic rings. The van der Waals surface area contributed by atoms with Crippen LogP contribution in [0.15, 0.2) is 24.3 Å². The Morgan fingerprint density at radius 3 is 2.26 bits per heavy atom. The summed E-state index contributed by atoms with van der Waals surface area (Å²) >= 11 is 0. The van der Waals surface area contributed by atoms with Gasteiger partial charge in [0.2, 0.25) is 0 Å². The van der Waals surface area contributed by atoms with Crippen LogP contribution in [0.1, 0.15) is 61.4 Å². The normalized spacial score (nSPS) is 18.8. The summed E-state index contributed by atoms with van der Waals surface area (Å²) in [5.74, 6) is 1.63. The minimum Gasteiger partial charge on any atom is -0.339 e. The number of hydrogen-bond donors (Lipinski definition) is 1. The van der Waals surface area contributed by atoms with Gasteiger partial charge in [0.15, 0.2) is 0 Å². The van der Waals surface area contributed by atoms with Gasteiger partial charge < -0.3 is 10.2 Å². The Hall–Kier alpha value is -1.06. The first kappa shape index (κ1) is 18.3. The summed E-state index contributed by atoms with van der Waals surface area (Å²) in [6, 6.07) is 8.74. The average Bonchev–Trinajstić information content (AvgIpc) is 3.37. The number of amides is 1. The van der Waals surface area contributed by atoms with Crippen LogP contribution in [0.4, 0.5) is 0 Å². The van der Waals surface area contributed by atoms with Crippen molar-refractivity contribution in [2.45, 2.75) is 51.5 Å². The second kappa shape index (κ2) is 8.16. The molecule has 4 heteroatoms. The number of carbonyl (C=O) groups excluding carboxylic acids is 1. The molecular formula is C19H29ClN2O. The van der Waals surface area contributed by atoms with Gasteiger partial charge in [0.05, 0.1) is 0 Å². The van der Waals surface area contributed by atoms with Gasteiger partial charge in [-0.25, -0.2) is 0 Å². The molecular weight excluding hydrogens is 308 g/mol. The van der Waals surface area contributed by atoms with Crippen molar-refractivity contribution in [3.63, 3.8) is 0 Å². The molecule has 3 nitrogen and oxygen atoms in total. The zero-order valence-corrected chi connectivity index (χ0v) is 15.1. The quantitative estimate of drug-likeness (QED) is 0.886. The van der Waals surface area contributed by atoms with Crippen molar-refractivity contribution in [3.05, 3.63) is 35.4 Å². The van der Waals surface area contributed by atoms with Gasteiger partial charge in [0, 0.05) is 24.7 Å². The lowest BCUT2D eigenvalue weighted by molar-refractivity contribution is 0.0705. The van der Waals surface area contributed by atoms with Crippen molar-refractivity contribution < 1.29 is 4.79 Å². The van der Waals surface area contributed by atoms with Gasteiger partial charge in [-0.15, -0.1) is 12.4 Å². The third-order valence-corrected chi connectivity index (χ3v) is 5.00. The van der Waals surface area contributed by atoms with Gasteiger partial charge in [-0.05, 0) is 61.8 Å². The number of piperidine rings is 1. The summed E-state index contributed by atoms with van der Waals surface area (Å²) in [5.41, 5.74) is 2.12. The SMILES string of the molecule is CC(C)c1ccc(C(=O)N2CCC(NCC3CC3)CC2)cc1.Cl. The Kier molecular flexibility index (Phi) is 6.49. The predicted molar refractivity (Wildman–Crippen MR) is 97.4 cm³/mol. The fourth-order valence-electron chi connectivity index (χ4n) is 3.14. The second-order valence-corrected chi connectivity index (χ2v) is 7.19. The third kappa shape index (κ3) is 4.95. The highest BCUT2D eigenvalue weighted by atomic mass is 35.5. The first-order chi connectivity index (χ1) is 10.6. The van der Waals surface area contributed by atoms with E-state index in [1.807, 2.05) is 17.0 Å². The Labute approximate surface area is 146 Å². The molecule has 23 heavy (non-hydrogen) atoms. The Balaban J connectivity index is 0.00000192. The Morgan fingerprint density at radius 2 is 1.74 bits per heavy atom. The lowest BCUT2D eigenvalue weighted by Crippen LogP contribution is -2.45. The van der Waals surface area contributed by atoms with Crippen LogP contribution >= 0.6 is 12.4 Å². The number of likely N-dealkylation sites (tertiary alicyclic amines) is 1. The number of carbonyl (C=O) groups is 1. The lowest BCUT2D eigenvalue weighted by Gasteiger charge is -2.32. The minimum atomic E-state index is 0. The lowest BCUT2D eigenvalue weighted by atomic mass is 10.0. The maximum atomic E-state index is 12.6. The monoisotopic (exact) mass is 336 g/mol. The fourth-order valence-corrected chi connectivity index (χ4v) is 3.14. The number of nitrogens with one attached hydrogen (secondary N) is 1. The molecule has 1 aliphatic carbocycles. The molecule has 1 amide bonds. The Bertz CT molecular complexity index is 503. The molecule has 0 radical (unpaired) electrons. The number of halogens is 1. The molecule has 1 aromatic rings. The first-order valence-corrected chi connectivity index (χ1v) is 8.76. The number of nitrogens with zero attached hydrogens (tertiary/aromatic N) is 1. The van der Waals surface area contributed by atoms with Crippen LogP contribution in [0, 0.1) is 5.92 Å². The number of hydrogen-bond acceptors (Lipinski definition) is 2.